The van der Waals surface area contributed by atoms with Gasteiger partial charge in [-0.25, -0.2) is 4.98 Å². The maximum absolute atomic E-state index is 11.0. The minimum atomic E-state index is -0.127. The molecule has 0 bridgehead atoms. The number of aromatic nitrogens is 1. The number of hydrogen-bond acceptors (Lipinski definition) is 5. The van der Waals surface area contributed by atoms with E-state index in [1.807, 2.05) is 18.2 Å². The number of rotatable bonds is 4. The van der Waals surface area contributed by atoms with Crippen molar-refractivity contribution in [1.82, 2.24) is 4.98 Å². The van der Waals surface area contributed by atoms with Crippen LogP contribution < -0.4 is 10.6 Å². The largest absolute Gasteiger partial charge is 0.435 e. The molecule has 2 N–H and O–H groups in total. The van der Waals surface area contributed by atoms with Gasteiger partial charge in [-0.1, -0.05) is 12.1 Å². The number of benzene rings is 2. The Morgan fingerprint density at radius 2 is 1.88 bits per heavy atom. The second-order valence-electron chi connectivity index (χ2n) is 5.06. The van der Waals surface area contributed by atoms with Gasteiger partial charge in [-0.2, -0.15) is 5.26 Å². The number of amides is 1. The molecule has 1 heterocycles. The summed E-state index contributed by atoms with van der Waals surface area (Å²) < 4.78 is 5.58. The summed E-state index contributed by atoms with van der Waals surface area (Å²) in [6.45, 7) is 1.45. The third kappa shape index (κ3) is 3.42. The molecule has 6 heteroatoms. The van der Waals surface area contributed by atoms with Crippen LogP contribution in [0.3, 0.4) is 0 Å². The fourth-order valence-electron chi connectivity index (χ4n) is 2.14. The molecule has 0 saturated carbocycles. The molecule has 0 atom stereocenters. The maximum Gasteiger partial charge on any atom is 0.239 e. The summed E-state index contributed by atoms with van der Waals surface area (Å²) in [5, 5.41) is 15.0. The van der Waals surface area contributed by atoms with Crippen LogP contribution in [0.5, 0.6) is 0 Å². The van der Waals surface area contributed by atoms with E-state index >= 15 is 0 Å². The molecule has 1 amide bonds. The minimum absolute atomic E-state index is 0.127. The van der Waals surface area contributed by atoms with E-state index < -0.39 is 0 Å². The molecule has 118 valence electrons. The van der Waals surface area contributed by atoms with Gasteiger partial charge in [0.05, 0.1) is 0 Å². The Balaban J connectivity index is 1.78. The molecule has 1 aromatic heterocycles. The molecule has 2 aromatic carbocycles. The Kier molecular flexibility index (Phi) is 4.25. The first-order valence-electron chi connectivity index (χ1n) is 7.26. The normalized spacial score (nSPS) is 11.1. The van der Waals surface area contributed by atoms with Crippen LogP contribution in [-0.2, 0) is 4.79 Å². The van der Waals surface area contributed by atoms with Crippen molar-refractivity contribution in [3.8, 4) is 6.07 Å². The van der Waals surface area contributed by atoms with Crippen molar-refractivity contribution in [1.29, 1.82) is 5.26 Å². The number of nitrogens with zero attached hydrogens (tertiary/aromatic N) is 2. The van der Waals surface area contributed by atoms with Crippen LogP contribution in [0.2, 0.25) is 0 Å². The van der Waals surface area contributed by atoms with Crippen LogP contribution in [0, 0.1) is 11.3 Å². The fourth-order valence-corrected chi connectivity index (χ4v) is 2.14. The van der Waals surface area contributed by atoms with E-state index in [1.54, 1.807) is 30.3 Å². The molecule has 0 aliphatic heterocycles. The molecule has 24 heavy (non-hydrogen) atoms. The topological polar surface area (TPSA) is 91.0 Å². The van der Waals surface area contributed by atoms with Crippen LogP contribution in [0.4, 0.5) is 11.4 Å². The van der Waals surface area contributed by atoms with Gasteiger partial charge in [-0.3, -0.25) is 4.79 Å². The van der Waals surface area contributed by atoms with Crippen LogP contribution in [-0.4, -0.2) is 10.9 Å². The van der Waals surface area contributed by atoms with E-state index in [2.05, 4.69) is 21.7 Å². The number of allylic oxidation sites excluding steroid dienone is 1. The average Bonchev–Trinajstić information content (AvgIpc) is 3.00. The van der Waals surface area contributed by atoms with Crippen molar-refractivity contribution in [2.45, 2.75) is 6.92 Å². The van der Waals surface area contributed by atoms with Crippen molar-refractivity contribution < 1.29 is 9.21 Å². The molecule has 0 aliphatic carbocycles. The first-order chi connectivity index (χ1) is 11.7. The Labute approximate surface area is 138 Å². The molecule has 0 aliphatic rings. The highest BCUT2D eigenvalue weighted by Gasteiger charge is 2.10. The van der Waals surface area contributed by atoms with E-state index in [9.17, 15) is 10.1 Å². The second kappa shape index (κ2) is 6.67. The molecular weight excluding hydrogens is 304 g/mol. The standard InChI is InChI=1S/C18H14N4O2/c1-12(23)21-15-8-6-14(7-9-15)20-11-13(10-19)18-22-16-4-2-3-5-17(16)24-18/h2-9,11,20H,1H3,(H,21,23)/b13-11+. The third-order valence-electron chi connectivity index (χ3n) is 3.23. The summed E-state index contributed by atoms with van der Waals surface area (Å²) in [6, 6.07) is 16.5. The van der Waals surface area contributed by atoms with E-state index in [0.717, 1.165) is 5.69 Å². The molecule has 0 saturated heterocycles. The summed E-state index contributed by atoms with van der Waals surface area (Å²) in [5.41, 5.74) is 3.10. The molecule has 6 nitrogen and oxygen atoms in total. The number of nitrogens with one attached hydrogen (secondary N) is 2. The monoisotopic (exact) mass is 318 g/mol. The highest BCUT2D eigenvalue weighted by molar-refractivity contribution is 5.88. The first-order valence-corrected chi connectivity index (χ1v) is 7.26. The molecular formula is C18H14N4O2. The van der Waals surface area contributed by atoms with Gasteiger partial charge in [0.2, 0.25) is 11.8 Å². The zero-order valence-electron chi connectivity index (χ0n) is 12.9. The Bertz CT molecular complexity index is 916. The molecule has 0 fully saturated rings. The number of anilines is 2. The quantitative estimate of drug-likeness (QED) is 0.715. The van der Waals surface area contributed by atoms with Crippen molar-refractivity contribution in [2.24, 2.45) is 0 Å². The minimum Gasteiger partial charge on any atom is -0.435 e. The number of para-hydroxylation sites is 2. The fraction of sp³-hybridized carbons (Fsp3) is 0.0556. The predicted octanol–water partition coefficient (Wildman–Crippen LogP) is 3.76. The number of oxazole rings is 1. The summed E-state index contributed by atoms with van der Waals surface area (Å²) in [6.07, 6.45) is 1.54. The maximum atomic E-state index is 11.0. The van der Waals surface area contributed by atoms with Gasteiger partial charge in [0.25, 0.3) is 0 Å². The van der Waals surface area contributed by atoms with Gasteiger partial charge in [-0.15, -0.1) is 0 Å². The lowest BCUT2D eigenvalue weighted by molar-refractivity contribution is -0.114. The number of carbonyl (C=O) groups is 1. The molecule has 0 unspecified atom stereocenters. The van der Waals surface area contributed by atoms with Crippen molar-refractivity contribution in [3.05, 3.63) is 60.6 Å². The zero-order valence-corrected chi connectivity index (χ0v) is 12.9. The van der Waals surface area contributed by atoms with Crippen molar-refractivity contribution in [2.75, 3.05) is 10.6 Å². The van der Waals surface area contributed by atoms with Crippen LogP contribution in [0.15, 0.2) is 59.1 Å². The third-order valence-corrected chi connectivity index (χ3v) is 3.23. The first kappa shape index (κ1) is 15.3. The number of nitriles is 1. The van der Waals surface area contributed by atoms with Gasteiger partial charge in [0.1, 0.15) is 17.2 Å². The Morgan fingerprint density at radius 1 is 1.17 bits per heavy atom. The van der Waals surface area contributed by atoms with Gasteiger partial charge >= 0.3 is 0 Å². The summed E-state index contributed by atoms with van der Waals surface area (Å²) in [5.74, 6) is 0.138. The molecule has 0 spiro atoms. The second-order valence-corrected chi connectivity index (χ2v) is 5.06. The smallest absolute Gasteiger partial charge is 0.239 e. The van der Waals surface area contributed by atoms with Gasteiger partial charge in [0, 0.05) is 24.5 Å². The predicted molar refractivity (Wildman–Crippen MR) is 92.0 cm³/mol. The number of carbonyl (C=O) groups excluding carboxylic acids is 1. The van der Waals surface area contributed by atoms with Crippen molar-refractivity contribution in [3.63, 3.8) is 0 Å². The zero-order chi connectivity index (χ0) is 16.9. The van der Waals surface area contributed by atoms with Crippen LogP contribution in [0.25, 0.3) is 16.7 Å². The van der Waals surface area contributed by atoms with E-state index in [0.29, 0.717) is 16.8 Å². The van der Waals surface area contributed by atoms with Gasteiger partial charge in [0.15, 0.2) is 5.58 Å². The Morgan fingerprint density at radius 3 is 2.54 bits per heavy atom. The Hall–Kier alpha value is -3.59. The number of fused-ring (bicyclic) bond motifs is 1. The summed E-state index contributed by atoms with van der Waals surface area (Å²) in [4.78, 5) is 15.3. The van der Waals surface area contributed by atoms with E-state index in [1.165, 1.54) is 13.1 Å². The van der Waals surface area contributed by atoms with Crippen molar-refractivity contribution >= 4 is 34.0 Å². The van der Waals surface area contributed by atoms with E-state index in [4.69, 9.17) is 4.42 Å². The highest BCUT2D eigenvalue weighted by Crippen LogP contribution is 2.21. The molecule has 0 radical (unpaired) electrons. The van der Waals surface area contributed by atoms with Crippen LogP contribution >= 0.6 is 0 Å². The lowest BCUT2D eigenvalue weighted by Crippen LogP contribution is -2.05. The SMILES string of the molecule is CC(=O)Nc1ccc(N/C=C(\C#N)c2nc3ccccc3o2)cc1. The van der Waals surface area contributed by atoms with Crippen LogP contribution in [0.1, 0.15) is 12.8 Å². The lowest BCUT2D eigenvalue weighted by atomic mass is 10.2. The summed E-state index contributed by atoms with van der Waals surface area (Å²) >= 11 is 0. The molecule has 3 rings (SSSR count). The van der Waals surface area contributed by atoms with E-state index in [-0.39, 0.29) is 17.4 Å². The van der Waals surface area contributed by atoms with Gasteiger partial charge < -0.3 is 15.1 Å². The molecule has 3 aromatic rings. The lowest BCUT2D eigenvalue weighted by Gasteiger charge is -2.04. The van der Waals surface area contributed by atoms with Gasteiger partial charge in [-0.05, 0) is 36.4 Å². The highest BCUT2D eigenvalue weighted by atomic mass is 16.3. The average molecular weight is 318 g/mol. The number of hydrogen-bond donors (Lipinski definition) is 2. The summed E-state index contributed by atoms with van der Waals surface area (Å²) in [7, 11) is 0.